The summed E-state index contributed by atoms with van der Waals surface area (Å²) in [7, 11) is 0. The molecule has 10 aromatic rings. The van der Waals surface area contributed by atoms with Crippen LogP contribution in [0.5, 0.6) is 0 Å². The van der Waals surface area contributed by atoms with Gasteiger partial charge in [-0.05, 0) is 140 Å². The number of fused-ring (bicyclic) bond motifs is 16. The van der Waals surface area contributed by atoms with Crippen molar-refractivity contribution >= 4 is 49.8 Å². The number of benzene rings is 9. The van der Waals surface area contributed by atoms with Crippen LogP contribution in [0, 0.1) is 11.8 Å². The zero-order chi connectivity index (χ0) is 42.3. The van der Waals surface area contributed by atoms with E-state index in [2.05, 4.69) is 207 Å². The summed E-state index contributed by atoms with van der Waals surface area (Å²) in [4.78, 5) is 2.55. The summed E-state index contributed by atoms with van der Waals surface area (Å²) in [5.41, 5.74) is 21.6. The van der Waals surface area contributed by atoms with Gasteiger partial charge in [0.2, 0.25) is 0 Å². The van der Waals surface area contributed by atoms with Crippen molar-refractivity contribution in [2.75, 3.05) is 4.90 Å². The minimum atomic E-state index is -0.153. The number of rotatable bonds is 5. The second-order valence-corrected chi connectivity index (χ2v) is 19.6. The second kappa shape index (κ2) is 13.2. The summed E-state index contributed by atoms with van der Waals surface area (Å²) >= 11 is 0. The molecule has 2 heteroatoms. The van der Waals surface area contributed by atoms with Gasteiger partial charge in [-0.2, -0.15) is 0 Å². The van der Waals surface area contributed by atoms with Crippen molar-refractivity contribution in [2.24, 2.45) is 11.8 Å². The zero-order valence-electron chi connectivity index (χ0n) is 36.2. The fourth-order valence-corrected chi connectivity index (χ4v) is 13.5. The number of anilines is 3. The minimum absolute atomic E-state index is 0.0767. The molecule has 3 atom stereocenters. The molecule has 4 aliphatic carbocycles. The Labute approximate surface area is 374 Å². The maximum absolute atomic E-state index is 6.64. The third-order valence-electron chi connectivity index (χ3n) is 16.1. The summed E-state index contributed by atoms with van der Waals surface area (Å²) in [6.45, 7) is 4.80. The average Bonchev–Trinajstić information content (AvgIpc) is 4.16. The Hall–Kier alpha value is -7.16. The molecule has 0 amide bonds. The lowest BCUT2D eigenvalue weighted by Crippen LogP contribution is -2.32. The topological polar surface area (TPSA) is 16.4 Å². The van der Waals surface area contributed by atoms with Gasteiger partial charge in [0.25, 0.3) is 0 Å². The van der Waals surface area contributed by atoms with Crippen molar-refractivity contribution in [3.05, 3.63) is 210 Å². The van der Waals surface area contributed by atoms with E-state index in [1.807, 2.05) is 0 Å². The van der Waals surface area contributed by atoms with E-state index in [1.165, 1.54) is 104 Å². The molecule has 4 aliphatic rings. The van der Waals surface area contributed by atoms with E-state index in [0.717, 1.165) is 38.9 Å². The van der Waals surface area contributed by atoms with Crippen molar-refractivity contribution < 1.29 is 4.42 Å². The molecule has 2 nitrogen and oxygen atoms in total. The van der Waals surface area contributed by atoms with E-state index in [-0.39, 0.29) is 10.8 Å². The molecule has 2 bridgehead atoms. The monoisotopic (exact) mass is 821 g/mol. The van der Waals surface area contributed by atoms with Gasteiger partial charge in [-0.1, -0.05) is 166 Å². The number of hydrogen-bond acceptors (Lipinski definition) is 2. The number of furan rings is 1. The van der Waals surface area contributed by atoms with E-state index in [9.17, 15) is 0 Å². The fourth-order valence-electron chi connectivity index (χ4n) is 13.5. The Morgan fingerprint density at radius 2 is 1.16 bits per heavy atom. The molecular formula is C62H47NO. The molecule has 9 aromatic carbocycles. The molecule has 0 aliphatic heterocycles. The Bertz CT molecular complexity index is 3570. The van der Waals surface area contributed by atoms with E-state index >= 15 is 0 Å². The van der Waals surface area contributed by atoms with Crippen LogP contribution in [-0.2, 0) is 10.8 Å². The van der Waals surface area contributed by atoms with Crippen molar-refractivity contribution in [1.29, 1.82) is 0 Å². The molecule has 1 heterocycles. The number of para-hydroxylation sites is 1. The first kappa shape index (κ1) is 36.3. The second-order valence-electron chi connectivity index (χ2n) is 19.6. The van der Waals surface area contributed by atoms with Crippen LogP contribution in [-0.4, -0.2) is 0 Å². The van der Waals surface area contributed by atoms with E-state index in [1.54, 1.807) is 5.56 Å². The molecule has 0 N–H and O–H groups in total. The molecular weight excluding hydrogens is 775 g/mol. The SMILES string of the molecule is CC1(C)c2ccccc2-c2cccc(-c3ccccc3N(c3ccc(-c4cccc5oc6c7ccccc7ccc6c45)cc3)c3ccc4c(c3)C3(CC5CCC3C5)c3ccccc3-4)c21. The molecule has 64 heavy (non-hydrogen) atoms. The highest BCUT2D eigenvalue weighted by molar-refractivity contribution is 6.19. The number of nitrogens with zero attached hydrogens (tertiary/aromatic N) is 1. The summed E-state index contributed by atoms with van der Waals surface area (Å²) in [6.07, 6.45) is 5.30. The predicted octanol–water partition coefficient (Wildman–Crippen LogP) is 16.9. The molecule has 14 rings (SSSR count). The lowest BCUT2D eigenvalue weighted by molar-refractivity contribution is 0.327. The van der Waals surface area contributed by atoms with E-state index in [4.69, 9.17) is 4.42 Å². The van der Waals surface area contributed by atoms with Crippen LogP contribution in [0.15, 0.2) is 192 Å². The Morgan fingerprint density at radius 3 is 1.97 bits per heavy atom. The van der Waals surface area contributed by atoms with Gasteiger partial charge in [0.05, 0.1) is 5.69 Å². The number of hydrogen-bond donors (Lipinski definition) is 0. The fraction of sp³-hybridized carbons (Fsp3) is 0.161. The van der Waals surface area contributed by atoms with Crippen molar-refractivity contribution in [1.82, 2.24) is 0 Å². The maximum atomic E-state index is 6.64. The van der Waals surface area contributed by atoms with E-state index < -0.39 is 0 Å². The van der Waals surface area contributed by atoms with Gasteiger partial charge >= 0.3 is 0 Å². The molecule has 0 radical (unpaired) electrons. The summed E-state index contributed by atoms with van der Waals surface area (Å²) < 4.78 is 6.64. The lowest BCUT2D eigenvalue weighted by Gasteiger charge is -2.37. The van der Waals surface area contributed by atoms with Gasteiger partial charge in [-0.3, -0.25) is 0 Å². The van der Waals surface area contributed by atoms with Crippen LogP contribution in [0.2, 0.25) is 0 Å². The highest BCUT2D eigenvalue weighted by atomic mass is 16.3. The minimum Gasteiger partial charge on any atom is -0.455 e. The third kappa shape index (κ3) is 4.86. The first-order valence-electron chi connectivity index (χ1n) is 23.3. The largest absolute Gasteiger partial charge is 0.455 e. The highest BCUT2D eigenvalue weighted by Crippen LogP contribution is 2.66. The van der Waals surface area contributed by atoms with Crippen LogP contribution in [0.1, 0.15) is 61.8 Å². The maximum Gasteiger partial charge on any atom is 0.143 e. The molecule has 306 valence electrons. The van der Waals surface area contributed by atoms with Gasteiger partial charge in [-0.15, -0.1) is 0 Å². The summed E-state index contributed by atoms with van der Waals surface area (Å²) in [5, 5.41) is 4.65. The van der Waals surface area contributed by atoms with Crippen LogP contribution < -0.4 is 4.90 Å². The third-order valence-corrected chi connectivity index (χ3v) is 16.1. The highest BCUT2D eigenvalue weighted by Gasteiger charge is 2.56. The van der Waals surface area contributed by atoms with E-state index in [0.29, 0.717) is 5.92 Å². The predicted molar refractivity (Wildman–Crippen MR) is 266 cm³/mol. The van der Waals surface area contributed by atoms with Crippen LogP contribution in [0.4, 0.5) is 17.1 Å². The summed E-state index contributed by atoms with van der Waals surface area (Å²) in [6, 6.07) is 70.6. The smallest absolute Gasteiger partial charge is 0.143 e. The van der Waals surface area contributed by atoms with Gasteiger partial charge in [0.15, 0.2) is 0 Å². The Kier molecular flexibility index (Phi) is 7.49. The Balaban J connectivity index is 0.970. The van der Waals surface area contributed by atoms with Crippen molar-refractivity contribution in [3.63, 3.8) is 0 Å². The van der Waals surface area contributed by atoms with Gasteiger partial charge in [0, 0.05) is 43.9 Å². The molecule has 0 saturated heterocycles. The first-order chi connectivity index (χ1) is 31.5. The van der Waals surface area contributed by atoms with Crippen molar-refractivity contribution in [2.45, 2.75) is 50.4 Å². The quantitative estimate of drug-likeness (QED) is 0.172. The first-order valence-corrected chi connectivity index (χ1v) is 23.3. The average molecular weight is 822 g/mol. The molecule has 2 saturated carbocycles. The molecule has 3 unspecified atom stereocenters. The molecule has 2 fully saturated rings. The van der Waals surface area contributed by atoms with Gasteiger partial charge < -0.3 is 9.32 Å². The van der Waals surface area contributed by atoms with Gasteiger partial charge in [0.1, 0.15) is 11.2 Å². The Morgan fingerprint density at radius 1 is 0.500 bits per heavy atom. The summed E-state index contributed by atoms with van der Waals surface area (Å²) in [5.74, 6) is 1.49. The van der Waals surface area contributed by atoms with Crippen LogP contribution >= 0.6 is 0 Å². The lowest BCUT2D eigenvalue weighted by atomic mass is 9.67. The standard InChI is InChI=1S/C62H47NO/c1-61(2)53-21-8-5-16-47(53)50-19-11-20-51(59(50)61)49-17-7-10-23-56(49)63(43-32-34-48-46-15-6-9-22-54(46)62(55(48)36-43)37-38-25-29-41(62)35-38)42-30-26-40(27-31-42)44-18-12-24-57-58(44)52-33-28-39-13-3-4-14-45(39)60(52)64-57/h3-24,26-28,30-34,36,38,41H,25,29,35,37H2,1-2H3. The molecule has 1 spiro atoms. The van der Waals surface area contributed by atoms with Crippen LogP contribution in [0.3, 0.4) is 0 Å². The van der Waals surface area contributed by atoms with Crippen LogP contribution in [0.25, 0.3) is 77.2 Å². The van der Waals surface area contributed by atoms with Crippen molar-refractivity contribution in [3.8, 4) is 44.5 Å². The zero-order valence-corrected chi connectivity index (χ0v) is 36.2. The molecule has 1 aromatic heterocycles. The van der Waals surface area contributed by atoms with Gasteiger partial charge in [-0.25, -0.2) is 0 Å². The normalized spacial score (nSPS) is 19.7.